The van der Waals surface area contributed by atoms with E-state index in [-0.39, 0.29) is 0 Å². The SMILES string of the molecule is CC1C=CC2=CC=NC2=C1. The van der Waals surface area contributed by atoms with Gasteiger partial charge in [-0.3, -0.25) is 4.99 Å². The third-order valence-corrected chi connectivity index (χ3v) is 1.76. The highest BCUT2D eigenvalue weighted by atomic mass is 14.8. The van der Waals surface area contributed by atoms with Crippen molar-refractivity contribution in [1.82, 2.24) is 0 Å². The lowest BCUT2D eigenvalue weighted by Crippen LogP contribution is -1.92. The number of hydrogen-bond donors (Lipinski definition) is 0. The Bertz CT molecular complexity index is 266. The first kappa shape index (κ1) is 5.66. The van der Waals surface area contributed by atoms with Crippen molar-refractivity contribution in [2.45, 2.75) is 6.92 Å². The average Bonchev–Trinajstić information content (AvgIpc) is 2.33. The normalized spacial score (nSPS) is 27.9. The van der Waals surface area contributed by atoms with E-state index in [0.29, 0.717) is 5.92 Å². The van der Waals surface area contributed by atoms with Crippen LogP contribution in [0.1, 0.15) is 6.92 Å². The van der Waals surface area contributed by atoms with Crippen molar-refractivity contribution in [3.05, 3.63) is 35.6 Å². The Morgan fingerprint density at radius 1 is 1.50 bits per heavy atom. The van der Waals surface area contributed by atoms with Crippen LogP contribution in [-0.2, 0) is 0 Å². The largest absolute Gasteiger partial charge is 0.257 e. The van der Waals surface area contributed by atoms with Crippen molar-refractivity contribution in [3.63, 3.8) is 0 Å². The highest BCUT2D eigenvalue weighted by Crippen LogP contribution is 2.24. The van der Waals surface area contributed by atoms with Crippen LogP contribution < -0.4 is 0 Å². The Kier molecular flexibility index (Phi) is 1.10. The molecule has 0 aromatic rings. The second kappa shape index (κ2) is 1.94. The summed E-state index contributed by atoms with van der Waals surface area (Å²) in [6, 6.07) is 0. The molecule has 1 nitrogen and oxygen atoms in total. The molecule has 0 bridgehead atoms. The van der Waals surface area contributed by atoms with Crippen LogP contribution in [0.3, 0.4) is 0 Å². The maximum absolute atomic E-state index is 4.20. The van der Waals surface area contributed by atoms with Gasteiger partial charge in [0.25, 0.3) is 0 Å². The number of aliphatic imine (C=N–C) groups is 1. The monoisotopic (exact) mass is 131 g/mol. The first-order valence-electron chi connectivity index (χ1n) is 3.51. The van der Waals surface area contributed by atoms with Gasteiger partial charge in [-0.15, -0.1) is 0 Å². The molecular weight excluding hydrogens is 122 g/mol. The van der Waals surface area contributed by atoms with Gasteiger partial charge in [-0.2, -0.15) is 0 Å². The van der Waals surface area contributed by atoms with Crippen LogP contribution in [0, 0.1) is 5.92 Å². The van der Waals surface area contributed by atoms with Gasteiger partial charge in [-0.1, -0.05) is 25.2 Å². The van der Waals surface area contributed by atoms with Crippen LogP contribution in [0.15, 0.2) is 40.6 Å². The standard InChI is InChI=1S/C9H9N/c1-7-2-3-8-4-5-10-9(8)6-7/h2-7H,1H3. The Morgan fingerprint density at radius 2 is 2.40 bits per heavy atom. The zero-order chi connectivity index (χ0) is 6.97. The fourth-order valence-corrected chi connectivity index (χ4v) is 1.20. The lowest BCUT2D eigenvalue weighted by Gasteiger charge is -2.07. The van der Waals surface area contributed by atoms with Crippen molar-refractivity contribution in [2.75, 3.05) is 0 Å². The van der Waals surface area contributed by atoms with Gasteiger partial charge in [0.05, 0.1) is 5.70 Å². The van der Waals surface area contributed by atoms with Crippen LogP contribution in [0.4, 0.5) is 0 Å². The van der Waals surface area contributed by atoms with Crippen molar-refractivity contribution >= 4 is 6.21 Å². The van der Waals surface area contributed by atoms with Crippen molar-refractivity contribution in [2.24, 2.45) is 10.9 Å². The molecule has 0 radical (unpaired) electrons. The summed E-state index contributed by atoms with van der Waals surface area (Å²) < 4.78 is 0. The molecule has 2 aliphatic rings. The van der Waals surface area contributed by atoms with Crippen LogP contribution in [-0.4, -0.2) is 6.21 Å². The van der Waals surface area contributed by atoms with Crippen LogP contribution in [0.25, 0.3) is 0 Å². The number of rotatable bonds is 0. The molecule has 0 amide bonds. The first-order valence-corrected chi connectivity index (χ1v) is 3.51. The topological polar surface area (TPSA) is 12.4 Å². The summed E-state index contributed by atoms with van der Waals surface area (Å²) in [6.45, 7) is 2.16. The molecule has 10 heavy (non-hydrogen) atoms. The van der Waals surface area contributed by atoms with E-state index in [1.807, 2.05) is 12.3 Å². The summed E-state index contributed by atoms with van der Waals surface area (Å²) in [5, 5.41) is 0. The lowest BCUT2D eigenvalue weighted by atomic mass is 10.0. The van der Waals surface area contributed by atoms with Gasteiger partial charge in [0, 0.05) is 11.8 Å². The maximum Gasteiger partial charge on any atom is 0.0668 e. The zero-order valence-corrected chi connectivity index (χ0v) is 5.91. The van der Waals surface area contributed by atoms with E-state index in [2.05, 4.69) is 30.1 Å². The first-order chi connectivity index (χ1) is 4.86. The molecule has 1 heteroatoms. The van der Waals surface area contributed by atoms with E-state index in [0.717, 1.165) is 5.70 Å². The van der Waals surface area contributed by atoms with E-state index >= 15 is 0 Å². The summed E-state index contributed by atoms with van der Waals surface area (Å²) in [5.74, 6) is 0.544. The molecule has 2 rings (SSSR count). The van der Waals surface area contributed by atoms with Gasteiger partial charge in [0.1, 0.15) is 0 Å². The molecule has 0 saturated heterocycles. The summed E-state index contributed by atoms with van der Waals surface area (Å²) >= 11 is 0. The lowest BCUT2D eigenvalue weighted by molar-refractivity contribution is 0.912. The number of hydrogen-bond acceptors (Lipinski definition) is 1. The highest BCUT2D eigenvalue weighted by Gasteiger charge is 2.09. The molecule has 0 N–H and O–H groups in total. The predicted octanol–water partition coefficient (Wildman–Crippen LogP) is 2.09. The third-order valence-electron chi connectivity index (χ3n) is 1.76. The smallest absolute Gasteiger partial charge is 0.0668 e. The maximum atomic E-state index is 4.20. The fraction of sp³-hybridized carbons (Fsp3) is 0.222. The van der Waals surface area contributed by atoms with Crippen LogP contribution in [0.5, 0.6) is 0 Å². The van der Waals surface area contributed by atoms with Gasteiger partial charge in [-0.25, -0.2) is 0 Å². The fourth-order valence-electron chi connectivity index (χ4n) is 1.20. The number of fused-ring (bicyclic) bond motifs is 1. The Morgan fingerprint density at radius 3 is 3.30 bits per heavy atom. The van der Waals surface area contributed by atoms with E-state index in [1.54, 1.807) is 0 Å². The van der Waals surface area contributed by atoms with Gasteiger partial charge in [0.2, 0.25) is 0 Å². The van der Waals surface area contributed by atoms with Crippen molar-refractivity contribution in [3.8, 4) is 0 Å². The highest BCUT2D eigenvalue weighted by molar-refractivity contribution is 5.81. The van der Waals surface area contributed by atoms with E-state index < -0.39 is 0 Å². The van der Waals surface area contributed by atoms with E-state index in [1.165, 1.54) is 5.57 Å². The summed E-state index contributed by atoms with van der Waals surface area (Å²) in [5.41, 5.74) is 2.38. The number of allylic oxidation sites excluding steroid dienone is 4. The summed E-state index contributed by atoms with van der Waals surface area (Å²) in [4.78, 5) is 4.20. The average molecular weight is 131 g/mol. The minimum absolute atomic E-state index is 0.544. The predicted molar refractivity (Wildman–Crippen MR) is 43.0 cm³/mol. The third kappa shape index (κ3) is 0.747. The van der Waals surface area contributed by atoms with Gasteiger partial charge in [-0.05, 0) is 12.0 Å². The molecule has 50 valence electrons. The molecule has 1 aliphatic carbocycles. The number of nitrogens with zero attached hydrogens (tertiary/aromatic N) is 1. The molecule has 1 aliphatic heterocycles. The van der Waals surface area contributed by atoms with Crippen molar-refractivity contribution in [1.29, 1.82) is 0 Å². The Hall–Kier alpha value is -1.11. The van der Waals surface area contributed by atoms with Gasteiger partial charge < -0.3 is 0 Å². The second-order valence-electron chi connectivity index (χ2n) is 2.67. The Labute approximate surface area is 60.5 Å². The molecule has 1 unspecified atom stereocenters. The second-order valence-corrected chi connectivity index (χ2v) is 2.67. The molecule has 0 fully saturated rings. The molecule has 1 atom stereocenters. The quantitative estimate of drug-likeness (QED) is 0.477. The van der Waals surface area contributed by atoms with E-state index in [9.17, 15) is 0 Å². The van der Waals surface area contributed by atoms with Crippen LogP contribution >= 0.6 is 0 Å². The molecule has 1 heterocycles. The zero-order valence-electron chi connectivity index (χ0n) is 5.91. The van der Waals surface area contributed by atoms with Gasteiger partial charge in [0.15, 0.2) is 0 Å². The molecule has 0 aromatic carbocycles. The molecular formula is C9H9N. The summed E-state index contributed by atoms with van der Waals surface area (Å²) in [6.07, 6.45) is 10.4. The van der Waals surface area contributed by atoms with E-state index in [4.69, 9.17) is 0 Å². The molecule has 0 spiro atoms. The van der Waals surface area contributed by atoms with Gasteiger partial charge >= 0.3 is 0 Å². The Balaban J connectivity index is 2.41. The van der Waals surface area contributed by atoms with Crippen molar-refractivity contribution < 1.29 is 0 Å². The minimum atomic E-state index is 0.544. The summed E-state index contributed by atoms with van der Waals surface area (Å²) in [7, 11) is 0. The van der Waals surface area contributed by atoms with Crippen LogP contribution in [0.2, 0.25) is 0 Å². The molecule has 0 saturated carbocycles. The minimum Gasteiger partial charge on any atom is -0.257 e. The molecule has 0 aromatic heterocycles.